The Morgan fingerprint density at radius 2 is 1.95 bits per heavy atom. The second kappa shape index (κ2) is 8.17. The molecule has 0 spiro atoms. The summed E-state index contributed by atoms with van der Waals surface area (Å²) in [6.45, 7) is 3.96. The van der Waals surface area contributed by atoms with E-state index in [2.05, 4.69) is 10.0 Å². The first-order valence-electron chi connectivity index (χ1n) is 7.49. The van der Waals surface area contributed by atoms with Crippen molar-refractivity contribution >= 4 is 21.8 Å². The van der Waals surface area contributed by atoms with Crippen molar-refractivity contribution in [1.82, 2.24) is 10.0 Å². The van der Waals surface area contributed by atoms with Crippen molar-refractivity contribution in [2.75, 3.05) is 24.6 Å². The number of sulfonamides is 1. The first-order valence-corrected chi connectivity index (χ1v) is 10.1. The highest BCUT2D eigenvalue weighted by Crippen LogP contribution is 2.23. The first-order chi connectivity index (χ1) is 10.1. The van der Waals surface area contributed by atoms with Crippen LogP contribution < -0.4 is 10.0 Å². The molecule has 4 nitrogen and oxygen atoms in total. The lowest BCUT2D eigenvalue weighted by Crippen LogP contribution is -2.32. The van der Waals surface area contributed by atoms with E-state index in [1.165, 1.54) is 0 Å². The van der Waals surface area contributed by atoms with Crippen molar-refractivity contribution in [2.45, 2.75) is 31.2 Å². The zero-order valence-electron chi connectivity index (χ0n) is 12.5. The molecule has 1 heterocycles. The predicted molar refractivity (Wildman–Crippen MR) is 89.1 cm³/mol. The zero-order chi connectivity index (χ0) is 15.1. The molecule has 1 aromatic rings. The highest BCUT2D eigenvalue weighted by molar-refractivity contribution is 7.99. The Balaban J connectivity index is 2.04. The summed E-state index contributed by atoms with van der Waals surface area (Å²) in [5.41, 5.74) is 0.825. The fourth-order valence-corrected chi connectivity index (χ4v) is 4.99. The van der Waals surface area contributed by atoms with Gasteiger partial charge in [0.15, 0.2) is 0 Å². The van der Waals surface area contributed by atoms with E-state index in [9.17, 15) is 8.42 Å². The molecule has 0 aliphatic carbocycles. The van der Waals surface area contributed by atoms with Gasteiger partial charge in [-0.2, -0.15) is 11.8 Å². The number of nitrogens with one attached hydrogen (secondary N) is 2. The molecule has 2 N–H and O–H groups in total. The van der Waals surface area contributed by atoms with Gasteiger partial charge in [-0.05, 0) is 48.4 Å². The van der Waals surface area contributed by atoms with Crippen LogP contribution in [0.4, 0.5) is 0 Å². The molecule has 118 valence electrons. The third kappa shape index (κ3) is 4.98. The van der Waals surface area contributed by atoms with Crippen molar-refractivity contribution in [3.8, 4) is 0 Å². The molecular weight excluding hydrogens is 304 g/mol. The van der Waals surface area contributed by atoms with Gasteiger partial charge in [0.25, 0.3) is 0 Å². The number of thioether (sulfide) groups is 1. The van der Waals surface area contributed by atoms with E-state index >= 15 is 0 Å². The number of benzene rings is 1. The summed E-state index contributed by atoms with van der Waals surface area (Å²) in [5, 5.41) is 3.19. The smallest absolute Gasteiger partial charge is 0.240 e. The second-order valence-electron chi connectivity index (χ2n) is 5.30. The molecule has 0 atom stereocenters. The van der Waals surface area contributed by atoms with Crippen LogP contribution in [0.2, 0.25) is 0 Å². The number of hydrogen-bond donors (Lipinski definition) is 2. The predicted octanol–water partition coefficient (Wildman–Crippen LogP) is 2.22. The molecule has 1 fully saturated rings. The number of hydrogen-bond acceptors (Lipinski definition) is 4. The monoisotopic (exact) mass is 328 g/mol. The van der Waals surface area contributed by atoms with Crippen LogP contribution in [0.15, 0.2) is 29.2 Å². The summed E-state index contributed by atoms with van der Waals surface area (Å²) in [6.07, 6.45) is 2.21. The molecule has 1 aliphatic heterocycles. The molecule has 0 bridgehead atoms. The molecule has 0 aromatic heterocycles. The zero-order valence-corrected chi connectivity index (χ0v) is 14.1. The topological polar surface area (TPSA) is 58.2 Å². The molecule has 0 saturated carbocycles. The van der Waals surface area contributed by atoms with Crippen LogP contribution in [0.25, 0.3) is 0 Å². The summed E-state index contributed by atoms with van der Waals surface area (Å²) in [6, 6.07) is 7.21. The normalized spacial score (nSPS) is 17.0. The maximum atomic E-state index is 12.5. The van der Waals surface area contributed by atoms with Gasteiger partial charge >= 0.3 is 0 Å². The lowest BCUT2D eigenvalue weighted by Gasteiger charge is -2.21. The lowest BCUT2D eigenvalue weighted by atomic mass is 10.0. The Labute approximate surface area is 132 Å². The van der Waals surface area contributed by atoms with Crippen LogP contribution in [0.5, 0.6) is 0 Å². The van der Waals surface area contributed by atoms with Gasteiger partial charge in [-0.25, -0.2) is 13.1 Å². The maximum absolute atomic E-state index is 12.5. The van der Waals surface area contributed by atoms with Gasteiger partial charge in [0, 0.05) is 13.1 Å². The summed E-state index contributed by atoms with van der Waals surface area (Å²) in [4.78, 5) is 0.399. The molecule has 6 heteroatoms. The van der Waals surface area contributed by atoms with Gasteiger partial charge in [0.05, 0.1) is 4.90 Å². The van der Waals surface area contributed by atoms with Crippen molar-refractivity contribution in [3.05, 3.63) is 29.8 Å². The van der Waals surface area contributed by atoms with Crippen LogP contribution in [-0.4, -0.2) is 33.0 Å². The van der Waals surface area contributed by atoms with Crippen LogP contribution in [0, 0.1) is 5.92 Å². The van der Waals surface area contributed by atoms with E-state index in [-0.39, 0.29) is 0 Å². The molecule has 1 aliphatic rings. The van der Waals surface area contributed by atoms with Crippen LogP contribution >= 0.6 is 11.8 Å². The summed E-state index contributed by atoms with van der Waals surface area (Å²) >= 11 is 1.95. The van der Waals surface area contributed by atoms with Crippen LogP contribution in [0.1, 0.15) is 25.3 Å². The summed E-state index contributed by atoms with van der Waals surface area (Å²) in [5.74, 6) is 2.76. The molecule has 1 aromatic carbocycles. The average Bonchev–Trinajstić information content (AvgIpc) is 2.52. The highest BCUT2D eigenvalue weighted by atomic mass is 32.2. The molecule has 2 rings (SSSR count). The summed E-state index contributed by atoms with van der Waals surface area (Å²) in [7, 11) is -3.42. The Hall–Kier alpha value is -0.560. The standard InChI is InChI=1S/C15H24N2O2S2/c1-2-16-12-14-5-3-4-6-15(14)21(18,19)17-11-13-7-9-20-10-8-13/h3-6,13,16-17H,2,7-12H2,1H3. The van der Waals surface area contributed by atoms with E-state index < -0.39 is 10.0 Å². The average molecular weight is 329 g/mol. The van der Waals surface area contributed by atoms with Crippen LogP contribution in [-0.2, 0) is 16.6 Å². The van der Waals surface area contributed by atoms with Gasteiger partial charge in [-0.3, -0.25) is 0 Å². The fraction of sp³-hybridized carbons (Fsp3) is 0.600. The Morgan fingerprint density at radius 3 is 2.67 bits per heavy atom. The molecule has 0 amide bonds. The molecule has 0 unspecified atom stereocenters. The van der Waals surface area contributed by atoms with E-state index in [1.54, 1.807) is 12.1 Å². The Morgan fingerprint density at radius 1 is 1.24 bits per heavy atom. The first kappa shape index (κ1) is 16.8. The fourth-order valence-electron chi connectivity index (χ4n) is 2.43. The van der Waals surface area contributed by atoms with Crippen molar-refractivity contribution in [3.63, 3.8) is 0 Å². The van der Waals surface area contributed by atoms with Crippen molar-refractivity contribution in [1.29, 1.82) is 0 Å². The van der Waals surface area contributed by atoms with Gasteiger partial charge < -0.3 is 5.32 Å². The van der Waals surface area contributed by atoms with Gasteiger partial charge in [0.1, 0.15) is 0 Å². The number of rotatable bonds is 7. The van der Waals surface area contributed by atoms with Crippen molar-refractivity contribution in [2.24, 2.45) is 5.92 Å². The van der Waals surface area contributed by atoms with E-state index in [0.29, 0.717) is 23.9 Å². The minimum absolute atomic E-state index is 0.399. The van der Waals surface area contributed by atoms with E-state index in [1.807, 2.05) is 30.8 Å². The van der Waals surface area contributed by atoms with Gasteiger partial charge in [0.2, 0.25) is 10.0 Å². The van der Waals surface area contributed by atoms with E-state index in [0.717, 1.165) is 36.5 Å². The largest absolute Gasteiger partial charge is 0.313 e. The Kier molecular flexibility index (Phi) is 6.54. The van der Waals surface area contributed by atoms with E-state index in [4.69, 9.17) is 0 Å². The molecular formula is C15H24N2O2S2. The minimum Gasteiger partial charge on any atom is -0.313 e. The SMILES string of the molecule is CCNCc1ccccc1S(=O)(=O)NCC1CCSCC1. The van der Waals surface area contributed by atoms with Crippen molar-refractivity contribution < 1.29 is 8.42 Å². The second-order valence-corrected chi connectivity index (χ2v) is 8.26. The quantitative estimate of drug-likeness (QED) is 0.806. The van der Waals surface area contributed by atoms with Gasteiger partial charge in [-0.15, -0.1) is 0 Å². The van der Waals surface area contributed by atoms with Gasteiger partial charge in [-0.1, -0.05) is 25.1 Å². The maximum Gasteiger partial charge on any atom is 0.240 e. The Bertz CT molecular complexity index is 540. The highest BCUT2D eigenvalue weighted by Gasteiger charge is 2.20. The van der Waals surface area contributed by atoms with Crippen LogP contribution in [0.3, 0.4) is 0 Å². The molecule has 1 saturated heterocycles. The lowest BCUT2D eigenvalue weighted by molar-refractivity contribution is 0.476. The molecule has 0 radical (unpaired) electrons. The third-order valence-electron chi connectivity index (χ3n) is 3.73. The minimum atomic E-state index is -3.42. The third-order valence-corrected chi connectivity index (χ3v) is 6.30. The summed E-state index contributed by atoms with van der Waals surface area (Å²) < 4.78 is 27.8. The molecule has 21 heavy (non-hydrogen) atoms.